The summed E-state index contributed by atoms with van der Waals surface area (Å²) in [6.07, 6.45) is 0. The van der Waals surface area contributed by atoms with Gasteiger partial charge >= 0.3 is 0 Å². The molecule has 0 saturated heterocycles. The molecule has 0 radical (unpaired) electrons. The molecule has 0 saturated carbocycles. The van der Waals surface area contributed by atoms with E-state index < -0.39 is 0 Å². The summed E-state index contributed by atoms with van der Waals surface area (Å²) in [6, 6.07) is 59.3. The molecule has 1 aliphatic carbocycles. The highest BCUT2D eigenvalue weighted by molar-refractivity contribution is 6.22. The third kappa shape index (κ3) is 8.77. The second-order valence-corrected chi connectivity index (χ2v) is 17.8. The highest BCUT2D eigenvalue weighted by Gasteiger charge is 2.29. The molecule has 1 aliphatic rings. The molecule has 11 rings (SSSR count). The number of hydroxylamine groups is 1. The monoisotopic (exact) mass is 972 g/mol. The number of amides is 1. The number of benzene rings is 10. The summed E-state index contributed by atoms with van der Waals surface area (Å²) in [5.74, 6) is 0.550. The van der Waals surface area contributed by atoms with Crippen LogP contribution in [0.1, 0.15) is 59.5 Å². The molecule has 0 unspecified atom stereocenters. The van der Waals surface area contributed by atoms with Crippen LogP contribution in [-0.2, 0) is 11.4 Å². The maximum Gasteiger partial charge on any atom is 0.262 e. The van der Waals surface area contributed by atoms with Crippen LogP contribution in [0.3, 0.4) is 0 Å². The van der Waals surface area contributed by atoms with Gasteiger partial charge in [0.05, 0.1) is 41.5 Å². The number of ether oxygens (including phenoxy) is 2. The number of ketones is 1. The van der Waals surface area contributed by atoms with E-state index in [0.29, 0.717) is 77.2 Å². The lowest BCUT2D eigenvalue weighted by Gasteiger charge is -2.25. The molecule has 364 valence electrons. The van der Waals surface area contributed by atoms with Crippen LogP contribution in [0.5, 0.6) is 11.5 Å². The molecule has 0 fully saturated rings. The Bertz CT molecular complexity index is 3880. The van der Waals surface area contributed by atoms with E-state index in [0.717, 1.165) is 71.2 Å². The molecule has 0 aromatic heterocycles. The average Bonchev–Trinajstić information content (AvgIpc) is 3.72. The zero-order valence-electron chi connectivity index (χ0n) is 41.6. The lowest BCUT2D eigenvalue weighted by molar-refractivity contribution is 0.0959. The molecule has 11 heteroatoms. The van der Waals surface area contributed by atoms with Crippen molar-refractivity contribution in [2.45, 2.75) is 34.3 Å². The van der Waals surface area contributed by atoms with Gasteiger partial charge in [0.1, 0.15) is 18.0 Å². The summed E-state index contributed by atoms with van der Waals surface area (Å²) in [5.41, 5.74) is 7.57. The average molecular weight is 973 g/mol. The predicted molar refractivity (Wildman–Crippen MR) is 297 cm³/mol. The maximum absolute atomic E-state index is 14.7. The maximum atomic E-state index is 14.7. The van der Waals surface area contributed by atoms with E-state index in [1.54, 1.807) is 17.0 Å². The molecule has 0 bridgehead atoms. The molecule has 0 heterocycles. The van der Waals surface area contributed by atoms with Crippen LogP contribution >= 0.6 is 0 Å². The van der Waals surface area contributed by atoms with Crippen molar-refractivity contribution in [1.82, 2.24) is 0 Å². The Balaban J connectivity index is 0.888. The van der Waals surface area contributed by atoms with Crippen molar-refractivity contribution < 1.29 is 23.9 Å². The van der Waals surface area contributed by atoms with E-state index in [-0.39, 0.29) is 18.3 Å². The standard InChI is InChI=1S/C63H52N6O5/c1-5-68(56-29-17-23-40-19-9-13-25-47(40)56)63(71)55-36-43-22-12-16-28-50(43)59(62(55)73-8-4)67-65-46-32-34-52-51-33-31-45(37-53(51)60(70)54(52)38-46)64-66-58-49-27-15-11-21-42(49)35-44(61(58)72-7-3)39-74-69(6-2)57-30-18-24-41-20-10-14-26-48(41)57/h9-38H,5-8,39H2,1-4H3. The summed E-state index contributed by atoms with van der Waals surface area (Å²) >= 11 is 0. The first-order valence-corrected chi connectivity index (χ1v) is 25.1. The highest BCUT2D eigenvalue weighted by Crippen LogP contribution is 2.45. The number of nitrogens with zero attached hydrogens (tertiary/aromatic N) is 6. The van der Waals surface area contributed by atoms with Crippen LogP contribution in [0.25, 0.3) is 54.2 Å². The van der Waals surface area contributed by atoms with Crippen molar-refractivity contribution in [3.05, 3.63) is 204 Å². The Morgan fingerprint density at radius 1 is 0.459 bits per heavy atom. The Hall–Kier alpha value is -9.06. The molecule has 0 N–H and O–H groups in total. The van der Waals surface area contributed by atoms with Crippen molar-refractivity contribution in [2.75, 3.05) is 36.3 Å². The van der Waals surface area contributed by atoms with Gasteiger partial charge in [-0.1, -0.05) is 133 Å². The van der Waals surface area contributed by atoms with Crippen molar-refractivity contribution in [3.8, 4) is 22.6 Å². The SMILES string of the molecule is CCOc1c(CON(CC)c2cccc3ccccc23)cc2ccccc2c1N=Nc1ccc2c(c1)C(=O)c1cc(N=Nc3c(OCC)c(C(=O)N(CC)c4cccc5ccccc45)cc4ccccc34)ccc1-2. The third-order valence-electron chi connectivity index (χ3n) is 13.5. The number of fused-ring (bicyclic) bond motifs is 7. The minimum atomic E-state index is -0.215. The van der Waals surface area contributed by atoms with Gasteiger partial charge in [-0.25, -0.2) is 0 Å². The van der Waals surface area contributed by atoms with Gasteiger partial charge in [0.2, 0.25) is 0 Å². The van der Waals surface area contributed by atoms with Gasteiger partial charge in [0.25, 0.3) is 5.91 Å². The Kier molecular flexibility index (Phi) is 13.1. The van der Waals surface area contributed by atoms with Crippen LogP contribution in [0.4, 0.5) is 34.1 Å². The fraction of sp³-hybridized carbons (Fsp3) is 0.143. The van der Waals surface area contributed by atoms with Crippen LogP contribution < -0.4 is 19.4 Å². The summed E-state index contributed by atoms with van der Waals surface area (Å²) in [4.78, 5) is 37.4. The van der Waals surface area contributed by atoms with Gasteiger partial charge in [0.15, 0.2) is 17.3 Å². The van der Waals surface area contributed by atoms with Crippen LogP contribution in [0, 0.1) is 0 Å². The van der Waals surface area contributed by atoms with Gasteiger partial charge < -0.3 is 14.4 Å². The zero-order valence-corrected chi connectivity index (χ0v) is 41.6. The lowest BCUT2D eigenvalue weighted by Crippen LogP contribution is -2.31. The molecule has 0 atom stereocenters. The van der Waals surface area contributed by atoms with Crippen LogP contribution in [0.2, 0.25) is 0 Å². The van der Waals surface area contributed by atoms with E-state index in [2.05, 4.69) is 37.3 Å². The number of hydrogen-bond acceptors (Lipinski definition) is 10. The minimum Gasteiger partial charge on any atom is -0.491 e. The van der Waals surface area contributed by atoms with Gasteiger partial charge in [-0.2, -0.15) is 10.2 Å². The molecule has 10 aromatic rings. The lowest BCUT2D eigenvalue weighted by atomic mass is 10.0. The first-order valence-electron chi connectivity index (χ1n) is 25.1. The summed E-state index contributed by atoms with van der Waals surface area (Å²) in [5, 5.41) is 28.7. The number of azo groups is 2. The van der Waals surface area contributed by atoms with Gasteiger partial charge in [0, 0.05) is 51.3 Å². The number of rotatable bonds is 16. The number of hydrogen-bond donors (Lipinski definition) is 0. The second kappa shape index (κ2) is 20.6. The van der Waals surface area contributed by atoms with E-state index in [4.69, 9.17) is 34.8 Å². The molecular weight excluding hydrogens is 921 g/mol. The predicted octanol–water partition coefficient (Wildman–Crippen LogP) is 16.8. The quantitative estimate of drug-likeness (QED) is 0.0703. The van der Waals surface area contributed by atoms with E-state index in [1.165, 1.54) is 0 Å². The molecular formula is C63H52N6O5. The van der Waals surface area contributed by atoms with E-state index in [1.807, 2.05) is 165 Å². The fourth-order valence-corrected chi connectivity index (χ4v) is 10.0. The second-order valence-electron chi connectivity index (χ2n) is 17.8. The Morgan fingerprint density at radius 3 is 1.51 bits per heavy atom. The number of carbonyl (C=O) groups is 2. The van der Waals surface area contributed by atoms with Gasteiger partial charge in [-0.15, -0.1) is 10.2 Å². The Labute approximate surface area is 428 Å². The number of anilines is 2. The highest BCUT2D eigenvalue weighted by atomic mass is 16.7. The Morgan fingerprint density at radius 2 is 0.946 bits per heavy atom. The third-order valence-corrected chi connectivity index (χ3v) is 13.5. The van der Waals surface area contributed by atoms with Crippen molar-refractivity contribution in [2.24, 2.45) is 20.5 Å². The molecule has 10 aromatic carbocycles. The van der Waals surface area contributed by atoms with Crippen molar-refractivity contribution in [1.29, 1.82) is 0 Å². The smallest absolute Gasteiger partial charge is 0.262 e. The minimum absolute atomic E-state index is 0.156. The summed E-state index contributed by atoms with van der Waals surface area (Å²) < 4.78 is 12.7. The normalized spacial score (nSPS) is 12.1. The van der Waals surface area contributed by atoms with E-state index in [9.17, 15) is 9.59 Å². The first kappa shape index (κ1) is 47.3. The van der Waals surface area contributed by atoms with Crippen LogP contribution in [-0.4, -0.2) is 38.0 Å². The largest absolute Gasteiger partial charge is 0.491 e. The first-order chi connectivity index (χ1) is 36.4. The molecule has 11 nitrogen and oxygen atoms in total. The molecule has 0 aliphatic heterocycles. The zero-order chi connectivity index (χ0) is 50.7. The number of carbonyl (C=O) groups excluding carboxylic acids is 2. The van der Waals surface area contributed by atoms with Crippen molar-refractivity contribution >= 4 is 88.9 Å². The van der Waals surface area contributed by atoms with Gasteiger partial charge in [-0.05, 0) is 109 Å². The van der Waals surface area contributed by atoms with Gasteiger partial charge in [-0.3, -0.25) is 19.5 Å². The fourth-order valence-electron chi connectivity index (χ4n) is 10.0. The molecule has 74 heavy (non-hydrogen) atoms. The molecule has 1 amide bonds. The summed E-state index contributed by atoms with van der Waals surface area (Å²) in [7, 11) is 0. The van der Waals surface area contributed by atoms with E-state index >= 15 is 0 Å². The molecule has 0 spiro atoms. The van der Waals surface area contributed by atoms with Crippen LogP contribution in [0.15, 0.2) is 202 Å². The topological polar surface area (TPSA) is 118 Å². The summed E-state index contributed by atoms with van der Waals surface area (Å²) in [6.45, 7) is 9.85. The van der Waals surface area contributed by atoms with Crippen molar-refractivity contribution in [3.63, 3.8) is 0 Å².